The molecule has 2 rings (SSSR count). The van der Waals surface area contributed by atoms with Gasteiger partial charge in [0.25, 0.3) is 15.9 Å². The average molecular weight is 401 g/mol. The number of carbonyl (C=O) groups is 1. The normalized spacial score (nSPS) is 11.4. The highest BCUT2D eigenvalue weighted by molar-refractivity contribution is 7.92. The number of sulfonamides is 1. The molecule has 5 nitrogen and oxygen atoms in total. The van der Waals surface area contributed by atoms with Gasteiger partial charge in [-0.05, 0) is 48.4 Å². The van der Waals surface area contributed by atoms with Crippen molar-refractivity contribution >= 4 is 44.8 Å². The second-order valence-corrected chi connectivity index (χ2v) is 8.38. The topological polar surface area (TPSA) is 75.3 Å². The van der Waals surface area contributed by atoms with Crippen molar-refractivity contribution in [3.8, 4) is 0 Å². The monoisotopic (exact) mass is 400 g/mol. The maximum atomic E-state index is 12.4. The zero-order chi connectivity index (χ0) is 18.6. The number of rotatable bonds is 6. The summed E-state index contributed by atoms with van der Waals surface area (Å²) < 4.78 is 27.2. The lowest BCUT2D eigenvalue weighted by atomic mass is 10.1. The Bertz CT molecular complexity index is 866. The number of halogens is 2. The minimum absolute atomic E-state index is 0.0673. The van der Waals surface area contributed by atoms with Gasteiger partial charge in [0.15, 0.2) is 0 Å². The van der Waals surface area contributed by atoms with Crippen molar-refractivity contribution in [3.05, 3.63) is 58.1 Å². The fourth-order valence-corrected chi connectivity index (χ4v) is 3.36. The molecule has 134 valence electrons. The molecule has 0 aliphatic heterocycles. The van der Waals surface area contributed by atoms with Gasteiger partial charge in [0, 0.05) is 17.3 Å². The van der Waals surface area contributed by atoms with Crippen LogP contribution in [0.15, 0.2) is 47.4 Å². The molecule has 2 N–H and O–H groups in total. The molecule has 0 heterocycles. The van der Waals surface area contributed by atoms with E-state index in [0.29, 0.717) is 11.6 Å². The summed E-state index contributed by atoms with van der Waals surface area (Å²) in [5.41, 5.74) is 0.452. The fourth-order valence-electron chi connectivity index (χ4n) is 1.98. The van der Waals surface area contributed by atoms with Crippen LogP contribution in [0.25, 0.3) is 0 Å². The van der Waals surface area contributed by atoms with Crippen molar-refractivity contribution in [2.75, 3.05) is 11.3 Å². The summed E-state index contributed by atoms with van der Waals surface area (Å²) in [5, 5.41) is 3.44. The third kappa shape index (κ3) is 5.36. The van der Waals surface area contributed by atoms with Gasteiger partial charge in [-0.15, -0.1) is 0 Å². The largest absolute Gasteiger partial charge is 0.352 e. The highest BCUT2D eigenvalue weighted by Crippen LogP contribution is 2.23. The van der Waals surface area contributed by atoms with Gasteiger partial charge in [0.2, 0.25) is 0 Å². The van der Waals surface area contributed by atoms with E-state index in [9.17, 15) is 13.2 Å². The van der Waals surface area contributed by atoms with Crippen LogP contribution in [0.4, 0.5) is 5.69 Å². The van der Waals surface area contributed by atoms with Crippen molar-refractivity contribution in [1.29, 1.82) is 0 Å². The van der Waals surface area contributed by atoms with Gasteiger partial charge in [-0.2, -0.15) is 0 Å². The number of nitrogens with one attached hydrogen (secondary N) is 2. The molecular weight excluding hydrogens is 383 g/mol. The number of benzene rings is 2. The van der Waals surface area contributed by atoms with Crippen LogP contribution in [0.1, 0.15) is 24.2 Å². The van der Waals surface area contributed by atoms with Crippen LogP contribution in [-0.2, 0) is 10.0 Å². The predicted octanol–water partition coefficient (Wildman–Crippen LogP) is 4.18. The lowest BCUT2D eigenvalue weighted by Gasteiger charge is -2.12. The maximum Gasteiger partial charge on any atom is 0.261 e. The Labute approximate surface area is 157 Å². The molecule has 0 saturated heterocycles. The smallest absolute Gasteiger partial charge is 0.261 e. The summed E-state index contributed by atoms with van der Waals surface area (Å²) in [4.78, 5) is 12.3. The van der Waals surface area contributed by atoms with Gasteiger partial charge in [-0.1, -0.05) is 37.0 Å². The molecule has 1 amide bonds. The SMILES string of the molecule is CC(C)CNC(=O)c1cc(NS(=O)(=O)c2ccc(Cl)cc2)ccc1Cl. The molecule has 0 saturated carbocycles. The van der Waals surface area contributed by atoms with Gasteiger partial charge in [0.05, 0.1) is 15.5 Å². The molecule has 0 spiro atoms. The van der Waals surface area contributed by atoms with Crippen LogP contribution in [0.5, 0.6) is 0 Å². The van der Waals surface area contributed by atoms with Crippen molar-refractivity contribution in [2.24, 2.45) is 5.92 Å². The molecule has 0 aliphatic rings. The van der Waals surface area contributed by atoms with Crippen LogP contribution in [-0.4, -0.2) is 20.9 Å². The summed E-state index contributed by atoms with van der Waals surface area (Å²) in [6.45, 7) is 4.44. The van der Waals surface area contributed by atoms with Crippen LogP contribution in [0.2, 0.25) is 10.0 Å². The zero-order valence-electron chi connectivity index (χ0n) is 13.7. The van der Waals surface area contributed by atoms with Crippen molar-refractivity contribution in [1.82, 2.24) is 5.32 Å². The van der Waals surface area contributed by atoms with Gasteiger partial charge in [-0.25, -0.2) is 8.42 Å². The van der Waals surface area contributed by atoms with E-state index in [-0.39, 0.29) is 33.0 Å². The molecule has 0 aliphatic carbocycles. The lowest BCUT2D eigenvalue weighted by Crippen LogP contribution is -2.27. The number of hydrogen-bond acceptors (Lipinski definition) is 3. The first-order chi connectivity index (χ1) is 11.7. The first kappa shape index (κ1) is 19.6. The van der Waals surface area contributed by atoms with Gasteiger partial charge in [-0.3, -0.25) is 9.52 Å². The molecule has 8 heteroatoms. The summed E-state index contributed by atoms with van der Waals surface area (Å²) in [6.07, 6.45) is 0. The number of hydrogen-bond donors (Lipinski definition) is 2. The Kier molecular flexibility index (Phi) is 6.32. The Hall–Kier alpha value is -1.76. The second kappa shape index (κ2) is 8.08. The van der Waals surface area contributed by atoms with Gasteiger partial charge < -0.3 is 5.32 Å². The van der Waals surface area contributed by atoms with Crippen LogP contribution in [0, 0.1) is 5.92 Å². The summed E-state index contributed by atoms with van der Waals surface area (Å²) in [6, 6.07) is 10.2. The van der Waals surface area contributed by atoms with E-state index in [1.54, 1.807) is 0 Å². The van der Waals surface area contributed by atoms with E-state index < -0.39 is 10.0 Å². The zero-order valence-corrected chi connectivity index (χ0v) is 16.0. The molecule has 25 heavy (non-hydrogen) atoms. The average Bonchev–Trinajstić information content (AvgIpc) is 2.54. The van der Waals surface area contributed by atoms with Crippen LogP contribution >= 0.6 is 23.2 Å². The molecule has 2 aromatic carbocycles. The highest BCUT2D eigenvalue weighted by Gasteiger charge is 2.17. The summed E-state index contributed by atoms with van der Waals surface area (Å²) >= 11 is 11.8. The van der Waals surface area contributed by atoms with E-state index in [1.165, 1.54) is 42.5 Å². The van der Waals surface area contributed by atoms with Gasteiger partial charge in [0.1, 0.15) is 0 Å². The summed E-state index contributed by atoms with van der Waals surface area (Å²) in [5.74, 6) is -0.0689. The fraction of sp³-hybridized carbons (Fsp3) is 0.235. The molecule has 2 aromatic rings. The number of amides is 1. The molecule has 0 atom stereocenters. The highest BCUT2D eigenvalue weighted by atomic mass is 35.5. The maximum absolute atomic E-state index is 12.4. The molecule has 0 bridgehead atoms. The molecule has 0 unspecified atom stereocenters. The first-order valence-corrected chi connectivity index (χ1v) is 9.79. The van der Waals surface area contributed by atoms with Crippen LogP contribution in [0.3, 0.4) is 0 Å². The minimum Gasteiger partial charge on any atom is -0.352 e. The van der Waals surface area contributed by atoms with E-state index in [1.807, 2.05) is 13.8 Å². The quantitative estimate of drug-likeness (QED) is 0.763. The van der Waals surface area contributed by atoms with E-state index in [0.717, 1.165) is 0 Å². The van der Waals surface area contributed by atoms with E-state index in [4.69, 9.17) is 23.2 Å². The third-order valence-electron chi connectivity index (χ3n) is 3.26. The van der Waals surface area contributed by atoms with Gasteiger partial charge >= 0.3 is 0 Å². The number of carbonyl (C=O) groups excluding carboxylic acids is 1. The van der Waals surface area contributed by atoms with Crippen molar-refractivity contribution in [3.63, 3.8) is 0 Å². The second-order valence-electron chi connectivity index (χ2n) is 5.86. The Morgan fingerprint density at radius 3 is 2.32 bits per heavy atom. The predicted molar refractivity (Wildman–Crippen MR) is 101 cm³/mol. The Balaban J connectivity index is 2.24. The molecule has 0 radical (unpaired) electrons. The van der Waals surface area contributed by atoms with E-state index >= 15 is 0 Å². The molecule has 0 aromatic heterocycles. The summed E-state index contributed by atoms with van der Waals surface area (Å²) in [7, 11) is -3.79. The number of anilines is 1. The molecular formula is C17H18Cl2N2O3S. The lowest BCUT2D eigenvalue weighted by molar-refractivity contribution is 0.0949. The van der Waals surface area contributed by atoms with E-state index in [2.05, 4.69) is 10.0 Å². The third-order valence-corrected chi connectivity index (χ3v) is 5.24. The van der Waals surface area contributed by atoms with Crippen molar-refractivity contribution < 1.29 is 13.2 Å². The van der Waals surface area contributed by atoms with Crippen LogP contribution < -0.4 is 10.0 Å². The Morgan fingerprint density at radius 2 is 1.72 bits per heavy atom. The molecule has 0 fully saturated rings. The standard InChI is InChI=1S/C17H18Cl2N2O3S/c1-11(2)10-20-17(22)15-9-13(5-8-16(15)19)21-25(23,24)14-6-3-12(18)4-7-14/h3-9,11,21H,10H2,1-2H3,(H,20,22). The Morgan fingerprint density at radius 1 is 1.08 bits per heavy atom. The minimum atomic E-state index is -3.79. The first-order valence-electron chi connectivity index (χ1n) is 7.55. The van der Waals surface area contributed by atoms with Crippen molar-refractivity contribution in [2.45, 2.75) is 18.7 Å².